The molecule has 8 nitrogen and oxygen atoms in total. The highest BCUT2D eigenvalue weighted by atomic mass is 35.5. The second-order valence-corrected chi connectivity index (χ2v) is 8.01. The predicted molar refractivity (Wildman–Crippen MR) is 116 cm³/mol. The van der Waals surface area contributed by atoms with Crippen molar-refractivity contribution >= 4 is 28.5 Å². The summed E-state index contributed by atoms with van der Waals surface area (Å²) in [6.45, 7) is 2.37. The highest BCUT2D eigenvalue weighted by molar-refractivity contribution is 6.29. The molecule has 0 bridgehead atoms. The van der Waals surface area contributed by atoms with Gasteiger partial charge in [0.2, 0.25) is 11.7 Å². The number of pyridine rings is 1. The van der Waals surface area contributed by atoms with E-state index in [-0.39, 0.29) is 5.91 Å². The Hall–Kier alpha value is -3.26. The van der Waals surface area contributed by atoms with Gasteiger partial charge in [-0.2, -0.15) is 4.98 Å². The molecule has 1 aliphatic heterocycles. The highest BCUT2D eigenvalue weighted by Gasteiger charge is 2.17. The predicted octanol–water partition coefficient (Wildman–Crippen LogP) is 4.20. The zero-order valence-corrected chi connectivity index (χ0v) is 17.6. The van der Waals surface area contributed by atoms with E-state index in [0.717, 1.165) is 42.5 Å². The van der Waals surface area contributed by atoms with E-state index in [4.69, 9.17) is 16.1 Å². The normalized spacial score (nSPS) is 14.3. The maximum absolute atomic E-state index is 12.5. The first-order valence-corrected chi connectivity index (χ1v) is 10.7. The molecule has 1 amide bonds. The molecule has 1 saturated heterocycles. The lowest BCUT2D eigenvalue weighted by Crippen LogP contribution is -2.35. The molecule has 0 N–H and O–H groups in total. The Morgan fingerprint density at radius 1 is 1.06 bits per heavy atom. The molecule has 0 radical (unpaired) electrons. The third-order valence-corrected chi connectivity index (χ3v) is 5.78. The van der Waals surface area contributed by atoms with Crippen molar-refractivity contribution in [2.45, 2.75) is 32.2 Å². The summed E-state index contributed by atoms with van der Waals surface area (Å²) in [6.07, 6.45) is 7.28. The number of nitrogens with zero attached hydrogens (tertiary/aromatic N) is 6. The minimum absolute atomic E-state index is 0.217. The Kier molecular flexibility index (Phi) is 5.38. The molecule has 0 spiro atoms. The summed E-state index contributed by atoms with van der Waals surface area (Å²) in [5.74, 6) is 1.07. The number of halogens is 1. The van der Waals surface area contributed by atoms with Crippen molar-refractivity contribution < 1.29 is 9.32 Å². The zero-order valence-electron chi connectivity index (χ0n) is 16.9. The topological polar surface area (TPSA) is 89.9 Å². The Balaban J connectivity index is 1.31. The summed E-state index contributed by atoms with van der Waals surface area (Å²) < 4.78 is 7.39. The van der Waals surface area contributed by atoms with Crippen LogP contribution in [0.5, 0.6) is 0 Å². The van der Waals surface area contributed by atoms with Crippen molar-refractivity contribution in [2.24, 2.45) is 0 Å². The van der Waals surface area contributed by atoms with Gasteiger partial charge in [0.25, 0.3) is 5.89 Å². The number of likely N-dealkylation sites (tertiary alicyclic amines) is 1. The fourth-order valence-corrected chi connectivity index (χ4v) is 3.97. The minimum atomic E-state index is 0.217. The molecule has 1 aromatic carbocycles. The van der Waals surface area contributed by atoms with Gasteiger partial charge >= 0.3 is 0 Å². The van der Waals surface area contributed by atoms with E-state index in [9.17, 15) is 4.79 Å². The van der Waals surface area contributed by atoms with Gasteiger partial charge in [0.15, 0.2) is 0 Å². The van der Waals surface area contributed by atoms with E-state index >= 15 is 0 Å². The Labute approximate surface area is 183 Å². The smallest absolute Gasteiger partial charge is 0.259 e. The molecule has 4 heterocycles. The van der Waals surface area contributed by atoms with Crippen LogP contribution in [0, 0.1) is 0 Å². The fourth-order valence-electron chi connectivity index (χ4n) is 3.86. The number of aromatic nitrogens is 5. The van der Waals surface area contributed by atoms with Crippen LogP contribution in [0.1, 0.15) is 25.7 Å². The molecule has 31 heavy (non-hydrogen) atoms. The number of fused-ring (bicyclic) bond motifs is 1. The Bertz CT molecular complexity index is 1210. The summed E-state index contributed by atoms with van der Waals surface area (Å²) in [5.41, 5.74) is 3.30. The number of carbonyl (C=O) groups excluding carboxylic acids is 1. The van der Waals surface area contributed by atoms with Crippen LogP contribution in [0.4, 0.5) is 0 Å². The maximum atomic E-state index is 12.5. The molecule has 9 heteroatoms. The quantitative estimate of drug-likeness (QED) is 0.435. The fraction of sp³-hybridized carbons (Fsp3) is 0.318. The molecule has 0 atom stereocenters. The number of rotatable bonds is 5. The molecule has 0 saturated carbocycles. The van der Waals surface area contributed by atoms with Gasteiger partial charge in [0.1, 0.15) is 5.15 Å². The van der Waals surface area contributed by atoms with Crippen LogP contribution >= 0.6 is 11.6 Å². The molecule has 5 rings (SSSR count). The lowest BCUT2D eigenvalue weighted by atomic mass is 10.1. The first kappa shape index (κ1) is 19.7. The van der Waals surface area contributed by atoms with Crippen LogP contribution in [-0.2, 0) is 11.3 Å². The van der Waals surface area contributed by atoms with Crippen LogP contribution in [0.15, 0.2) is 47.4 Å². The Morgan fingerprint density at radius 2 is 1.90 bits per heavy atom. The van der Waals surface area contributed by atoms with Gasteiger partial charge in [-0.1, -0.05) is 16.8 Å². The van der Waals surface area contributed by atoms with Crippen LogP contribution < -0.4 is 0 Å². The van der Waals surface area contributed by atoms with Crippen molar-refractivity contribution in [1.82, 2.24) is 29.6 Å². The van der Waals surface area contributed by atoms with Crippen molar-refractivity contribution in [3.05, 3.63) is 48.0 Å². The van der Waals surface area contributed by atoms with E-state index in [0.29, 0.717) is 35.4 Å². The molecule has 1 aliphatic rings. The number of benzene rings is 1. The molecular weight excluding hydrogens is 416 g/mol. The van der Waals surface area contributed by atoms with Crippen molar-refractivity contribution in [1.29, 1.82) is 0 Å². The lowest BCUT2D eigenvalue weighted by Gasteiger charge is -2.26. The van der Waals surface area contributed by atoms with Gasteiger partial charge in [0, 0.05) is 37.8 Å². The average Bonchev–Trinajstić information content (AvgIpc) is 3.46. The third-order valence-electron chi connectivity index (χ3n) is 5.55. The molecule has 1 fully saturated rings. The summed E-state index contributed by atoms with van der Waals surface area (Å²) >= 11 is 5.83. The van der Waals surface area contributed by atoms with Crippen molar-refractivity contribution in [3.63, 3.8) is 0 Å². The van der Waals surface area contributed by atoms with Crippen molar-refractivity contribution in [3.8, 4) is 22.8 Å². The van der Waals surface area contributed by atoms with Crippen LogP contribution in [0.25, 0.3) is 33.9 Å². The van der Waals surface area contributed by atoms with Gasteiger partial charge in [-0.05, 0) is 49.6 Å². The SMILES string of the molecule is O=C(CCn1cnc2cc(-c3noc(-c4ccc(Cl)nc4)n3)ccc21)N1CCCCC1. The van der Waals surface area contributed by atoms with Crippen LogP contribution in [-0.4, -0.2) is 48.6 Å². The van der Waals surface area contributed by atoms with Gasteiger partial charge in [-0.25, -0.2) is 9.97 Å². The third kappa shape index (κ3) is 4.16. The first-order valence-electron chi connectivity index (χ1n) is 10.4. The van der Waals surface area contributed by atoms with E-state index in [2.05, 4.69) is 20.1 Å². The second kappa shape index (κ2) is 8.47. The second-order valence-electron chi connectivity index (χ2n) is 7.63. The monoisotopic (exact) mass is 436 g/mol. The summed E-state index contributed by atoms with van der Waals surface area (Å²) in [6, 6.07) is 9.29. The highest BCUT2D eigenvalue weighted by Crippen LogP contribution is 2.25. The van der Waals surface area contributed by atoms with Crippen molar-refractivity contribution in [2.75, 3.05) is 13.1 Å². The Morgan fingerprint density at radius 3 is 2.71 bits per heavy atom. The standard InChI is InChI=1S/C22H21ClN6O2/c23-19-7-5-16(13-24-19)22-26-21(27-31-22)15-4-6-18-17(12-15)25-14-29(18)11-8-20(30)28-9-2-1-3-10-28/h4-7,12-14H,1-3,8-11H2. The van der Waals surface area contributed by atoms with Gasteiger partial charge in [-0.15, -0.1) is 0 Å². The minimum Gasteiger partial charge on any atom is -0.343 e. The van der Waals surface area contributed by atoms with Gasteiger partial charge in [0.05, 0.1) is 22.9 Å². The van der Waals surface area contributed by atoms with E-state index in [1.165, 1.54) is 6.42 Å². The van der Waals surface area contributed by atoms with E-state index < -0.39 is 0 Å². The van der Waals surface area contributed by atoms with Crippen LogP contribution in [0.2, 0.25) is 5.15 Å². The van der Waals surface area contributed by atoms with E-state index in [1.807, 2.05) is 27.7 Å². The molecule has 4 aromatic rings. The lowest BCUT2D eigenvalue weighted by molar-refractivity contribution is -0.132. The molecule has 0 aliphatic carbocycles. The molecular formula is C22H21ClN6O2. The number of imidazole rings is 1. The number of hydrogen-bond donors (Lipinski definition) is 0. The first-order chi connectivity index (χ1) is 15.2. The number of hydrogen-bond acceptors (Lipinski definition) is 6. The van der Waals surface area contributed by atoms with Gasteiger partial charge < -0.3 is 14.0 Å². The largest absolute Gasteiger partial charge is 0.343 e. The average molecular weight is 437 g/mol. The van der Waals surface area contributed by atoms with Crippen LogP contribution in [0.3, 0.4) is 0 Å². The maximum Gasteiger partial charge on any atom is 0.259 e. The zero-order chi connectivity index (χ0) is 21.2. The number of piperidine rings is 1. The number of carbonyl (C=O) groups is 1. The summed E-state index contributed by atoms with van der Waals surface area (Å²) in [5, 5.41) is 4.48. The molecule has 0 unspecified atom stereocenters. The van der Waals surface area contributed by atoms with E-state index in [1.54, 1.807) is 24.7 Å². The molecule has 158 valence electrons. The summed E-state index contributed by atoms with van der Waals surface area (Å²) in [7, 11) is 0. The number of amides is 1. The molecule has 3 aromatic heterocycles. The summed E-state index contributed by atoms with van der Waals surface area (Å²) in [4.78, 5) is 27.4. The number of aryl methyl sites for hydroxylation is 1. The van der Waals surface area contributed by atoms with Gasteiger partial charge in [-0.3, -0.25) is 4.79 Å².